The van der Waals surface area contributed by atoms with E-state index in [9.17, 15) is 9.59 Å². The molecular formula is C14H16ClN3O2. The number of amides is 2. The standard InChI is InChI=1S/C14H16ClN3O2/c15-11-7-16-5-3-10(11)14(20)18-6-4-12-9(8-18)1-2-13(19)17-12/h3,5,7,9,12H,1-2,4,6,8H2,(H,17,19). The van der Waals surface area contributed by atoms with E-state index in [0.29, 0.717) is 36.0 Å². The molecule has 0 aromatic carbocycles. The SMILES string of the molecule is O=C1CCC2CN(C(=O)c3ccncc3Cl)CCC2N1. The van der Waals surface area contributed by atoms with Crippen molar-refractivity contribution in [2.75, 3.05) is 13.1 Å². The Kier molecular flexibility index (Phi) is 3.61. The first-order chi connectivity index (χ1) is 9.65. The molecule has 0 saturated carbocycles. The fraction of sp³-hybridized carbons (Fsp3) is 0.500. The third-order valence-electron chi connectivity index (χ3n) is 4.11. The lowest BCUT2D eigenvalue weighted by atomic mass is 9.85. The Labute approximate surface area is 122 Å². The van der Waals surface area contributed by atoms with Crippen molar-refractivity contribution in [2.24, 2.45) is 5.92 Å². The first-order valence-electron chi connectivity index (χ1n) is 6.83. The smallest absolute Gasteiger partial charge is 0.255 e. The first-order valence-corrected chi connectivity index (χ1v) is 7.21. The Bertz CT molecular complexity index is 549. The summed E-state index contributed by atoms with van der Waals surface area (Å²) in [5.74, 6) is 0.432. The summed E-state index contributed by atoms with van der Waals surface area (Å²) >= 11 is 6.03. The summed E-state index contributed by atoms with van der Waals surface area (Å²) in [6.45, 7) is 1.33. The third kappa shape index (κ3) is 2.50. The maximum Gasteiger partial charge on any atom is 0.255 e. The Morgan fingerprint density at radius 2 is 2.30 bits per heavy atom. The molecule has 1 N–H and O–H groups in total. The van der Waals surface area contributed by atoms with E-state index in [1.54, 1.807) is 12.3 Å². The zero-order valence-electron chi connectivity index (χ0n) is 11.0. The van der Waals surface area contributed by atoms with Crippen molar-refractivity contribution in [2.45, 2.75) is 25.3 Å². The highest BCUT2D eigenvalue weighted by atomic mass is 35.5. The van der Waals surface area contributed by atoms with Crippen LogP contribution >= 0.6 is 11.6 Å². The molecule has 2 fully saturated rings. The van der Waals surface area contributed by atoms with Crippen molar-refractivity contribution in [3.63, 3.8) is 0 Å². The normalized spacial score (nSPS) is 25.9. The number of fused-ring (bicyclic) bond motifs is 1. The average molecular weight is 294 g/mol. The molecule has 1 aromatic rings. The van der Waals surface area contributed by atoms with E-state index < -0.39 is 0 Å². The number of pyridine rings is 1. The number of aromatic nitrogens is 1. The van der Waals surface area contributed by atoms with Crippen LogP contribution in [0.2, 0.25) is 5.02 Å². The quantitative estimate of drug-likeness (QED) is 0.853. The fourth-order valence-electron chi connectivity index (χ4n) is 3.01. The second-order valence-electron chi connectivity index (χ2n) is 5.37. The van der Waals surface area contributed by atoms with E-state index >= 15 is 0 Å². The molecule has 2 saturated heterocycles. The van der Waals surface area contributed by atoms with Gasteiger partial charge in [-0.1, -0.05) is 11.6 Å². The van der Waals surface area contributed by atoms with Crippen molar-refractivity contribution < 1.29 is 9.59 Å². The lowest BCUT2D eigenvalue weighted by Gasteiger charge is -2.41. The molecule has 2 aliphatic heterocycles. The van der Waals surface area contributed by atoms with Gasteiger partial charge in [0.2, 0.25) is 5.91 Å². The van der Waals surface area contributed by atoms with Crippen LogP contribution in [0.1, 0.15) is 29.6 Å². The van der Waals surface area contributed by atoms with Crippen LogP contribution in [-0.4, -0.2) is 40.8 Å². The van der Waals surface area contributed by atoms with Gasteiger partial charge < -0.3 is 10.2 Å². The summed E-state index contributed by atoms with van der Waals surface area (Å²) in [4.78, 5) is 29.6. The molecule has 1 aromatic heterocycles. The fourth-order valence-corrected chi connectivity index (χ4v) is 3.21. The monoisotopic (exact) mass is 293 g/mol. The predicted octanol–water partition coefficient (Wildman–Crippen LogP) is 1.48. The number of hydrogen-bond donors (Lipinski definition) is 1. The average Bonchev–Trinajstić information content (AvgIpc) is 2.46. The summed E-state index contributed by atoms with van der Waals surface area (Å²) in [6, 6.07) is 1.87. The molecule has 20 heavy (non-hydrogen) atoms. The van der Waals surface area contributed by atoms with Gasteiger partial charge in [0.25, 0.3) is 5.91 Å². The molecule has 0 aliphatic carbocycles. The van der Waals surface area contributed by atoms with Gasteiger partial charge in [-0.05, 0) is 24.8 Å². The molecule has 6 heteroatoms. The maximum absolute atomic E-state index is 12.5. The van der Waals surface area contributed by atoms with E-state index in [0.717, 1.165) is 12.8 Å². The van der Waals surface area contributed by atoms with Crippen molar-refractivity contribution >= 4 is 23.4 Å². The van der Waals surface area contributed by atoms with Crippen LogP contribution in [0.15, 0.2) is 18.5 Å². The number of piperidine rings is 2. The molecule has 3 rings (SSSR count). The van der Waals surface area contributed by atoms with Gasteiger partial charge in [-0.25, -0.2) is 0 Å². The molecule has 2 atom stereocenters. The van der Waals surface area contributed by atoms with Gasteiger partial charge in [0.1, 0.15) is 0 Å². The largest absolute Gasteiger partial charge is 0.353 e. The van der Waals surface area contributed by atoms with Gasteiger partial charge in [0.05, 0.1) is 10.6 Å². The van der Waals surface area contributed by atoms with Gasteiger partial charge in [-0.15, -0.1) is 0 Å². The lowest BCUT2D eigenvalue weighted by Crippen LogP contribution is -2.55. The van der Waals surface area contributed by atoms with Crippen LogP contribution in [0.25, 0.3) is 0 Å². The van der Waals surface area contributed by atoms with Crippen molar-refractivity contribution in [3.05, 3.63) is 29.0 Å². The molecule has 2 amide bonds. The number of hydrogen-bond acceptors (Lipinski definition) is 3. The van der Waals surface area contributed by atoms with E-state index in [-0.39, 0.29) is 17.9 Å². The van der Waals surface area contributed by atoms with Crippen LogP contribution in [0.5, 0.6) is 0 Å². The number of halogens is 1. The second-order valence-corrected chi connectivity index (χ2v) is 5.78. The van der Waals surface area contributed by atoms with Crippen LogP contribution < -0.4 is 5.32 Å². The molecule has 106 valence electrons. The lowest BCUT2D eigenvalue weighted by molar-refractivity contribution is -0.125. The maximum atomic E-state index is 12.5. The van der Waals surface area contributed by atoms with E-state index in [1.165, 1.54) is 6.20 Å². The summed E-state index contributed by atoms with van der Waals surface area (Å²) in [6.07, 6.45) is 5.28. The third-order valence-corrected chi connectivity index (χ3v) is 4.41. The highest BCUT2D eigenvalue weighted by Crippen LogP contribution is 2.27. The van der Waals surface area contributed by atoms with Gasteiger partial charge in [-0.2, -0.15) is 0 Å². The summed E-state index contributed by atoms with van der Waals surface area (Å²) in [5, 5.41) is 3.40. The number of carbonyl (C=O) groups excluding carboxylic acids is 2. The van der Waals surface area contributed by atoms with Crippen LogP contribution in [-0.2, 0) is 4.79 Å². The van der Waals surface area contributed by atoms with E-state index in [4.69, 9.17) is 11.6 Å². The molecule has 0 bridgehead atoms. The zero-order valence-corrected chi connectivity index (χ0v) is 11.8. The Balaban J connectivity index is 1.72. The van der Waals surface area contributed by atoms with Crippen molar-refractivity contribution in [1.82, 2.24) is 15.2 Å². The second kappa shape index (κ2) is 5.40. The summed E-state index contributed by atoms with van der Waals surface area (Å²) in [7, 11) is 0. The molecular weight excluding hydrogens is 278 g/mol. The molecule has 5 nitrogen and oxygen atoms in total. The van der Waals surface area contributed by atoms with Gasteiger partial charge >= 0.3 is 0 Å². The summed E-state index contributed by atoms with van der Waals surface area (Å²) < 4.78 is 0. The minimum atomic E-state index is -0.0484. The van der Waals surface area contributed by atoms with Crippen LogP contribution in [0.4, 0.5) is 0 Å². The number of nitrogens with zero attached hydrogens (tertiary/aromatic N) is 2. The minimum absolute atomic E-state index is 0.0484. The van der Waals surface area contributed by atoms with Crippen molar-refractivity contribution in [1.29, 1.82) is 0 Å². The number of carbonyl (C=O) groups is 2. The Morgan fingerprint density at radius 3 is 3.10 bits per heavy atom. The zero-order chi connectivity index (χ0) is 14.1. The number of rotatable bonds is 1. The molecule has 2 unspecified atom stereocenters. The molecule has 0 radical (unpaired) electrons. The highest BCUT2D eigenvalue weighted by Gasteiger charge is 2.35. The Morgan fingerprint density at radius 1 is 1.45 bits per heavy atom. The van der Waals surface area contributed by atoms with Crippen molar-refractivity contribution in [3.8, 4) is 0 Å². The molecule has 0 spiro atoms. The van der Waals surface area contributed by atoms with Gasteiger partial charge in [-0.3, -0.25) is 14.6 Å². The first kappa shape index (κ1) is 13.4. The highest BCUT2D eigenvalue weighted by molar-refractivity contribution is 6.33. The molecule has 3 heterocycles. The van der Waals surface area contributed by atoms with Crippen LogP contribution in [0, 0.1) is 5.92 Å². The van der Waals surface area contributed by atoms with E-state index in [2.05, 4.69) is 10.3 Å². The predicted molar refractivity (Wildman–Crippen MR) is 74.4 cm³/mol. The topological polar surface area (TPSA) is 62.3 Å². The van der Waals surface area contributed by atoms with Gasteiger partial charge in [0, 0.05) is 37.9 Å². The number of likely N-dealkylation sites (tertiary alicyclic amines) is 1. The number of nitrogens with one attached hydrogen (secondary N) is 1. The van der Waals surface area contributed by atoms with Gasteiger partial charge in [0.15, 0.2) is 0 Å². The van der Waals surface area contributed by atoms with Crippen LogP contribution in [0.3, 0.4) is 0 Å². The Hall–Kier alpha value is -1.62. The summed E-state index contributed by atoms with van der Waals surface area (Å²) in [5.41, 5.74) is 0.500. The molecule has 2 aliphatic rings. The van der Waals surface area contributed by atoms with E-state index in [1.807, 2.05) is 4.90 Å². The minimum Gasteiger partial charge on any atom is -0.353 e.